The Bertz CT molecular complexity index is 725. The van der Waals surface area contributed by atoms with E-state index < -0.39 is 0 Å². The van der Waals surface area contributed by atoms with Gasteiger partial charge in [-0.25, -0.2) is 0 Å². The Kier molecular flexibility index (Phi) is 6.39. The molecule has 0 atom stereocenters. The standard InChI is InChI=1S/C19H24N4O3S/c24-16(11-12-3-1-2-4-12)21-19(27)23-22-18(26)14-7-9-15(10-8-14)20-17(25)13-5-6-13/h7-10,12-13H,1-6,11H2,(H,20,25)(H,22,26)(H2,21,23,24,27). The van der Waals surface area contributed by atoms with E-state index in [4.69, 9.17) is 12.2 Å². The summed E-state index contributed by atoms with van der Waals surface area (Å²) in [6.07, 6.45) is 6.87. The Morgan fingerprint density at radius 3 is 2.26 bits per heavy atom. The number of carbonyl (C=O) groups excluding carboxylic acids is 3. The van der Waals surface area contributed by atoms with E-state index in [9.17, 15) is 14.4 Å². The normalized spacial score (nSPS) is 16.4. The van der Waals surface area contributed by atoms with Crippen molar-refractivity contribution < 1.29 is 14.4 Å². The van der Waals surface area contributed by atoms with Crippen LogP contribution < -0.4 is 21.5 Å². The fraction of sp³-hybridized carbons (Fsp3) is 0.474. The molecule has 1 aromatic carbocycles. The van der Waals surface area contributed by atoms with Crippen LogP contribution in [0.5, 0.6) is 0 Å². The number of hydrogen-bond donors (Lipinski definition) is 4. The molecule has 0 bridgehead atoms. The molecule has 0 aliphatic heterocycles. The first kappa shape index (κ1) is 19.3. The van der Waals surface area contributed by atoms with Gasteiger partial charge < -0.3 is 10.6 Å². The Morgan fingerprint density at radius 1 is 0.963 bits per heavy atom. The third-order valence-corrected chi connectivity index (χ3v) is 5.06. The maximum Gasteiger partial charge on any atom is 0.269 e. The Morgan fingerprint density at radius 2 is 1.63 bits per heavy atom. The minimum absolute atomic E-state index is 0.0209. The van der Waals surface area contributed by atoms with Crippen molar-refractivity contribution in [2.75, 3.05) is 5.32 Å². The van der Waals surface area contributed by atoms with Crippen LogP contribution in [0.2, 0.25) is 0 Å². The number of amides is 3. The monoisotopic (exact) mass is 388 g/mol. The predicted octanol–water partition coefficient (Wildman–Crippen LogP) is 2.25. The van der Waals surface area contributed by atoms with Gasteiger partial charge in [-0.2, -0.15) is 0 Å². The van der Waals surface area contributed by atoms with Crippen molar-refractivity contribution in [1.82, 2.24) is 16.2 Å². The molecule has 0 spiro atoms. The third-order valence-electron chi connectivity index (χ3n) is 4.85. The summed E-state index contributed by atoms with van der Waals surface area (Å²) < 4.78 is 0. The van der Waals surface area contributed by atoms with Crippen LogP contribution in [0.4, 0.5) is 5.69 Å². The molecule has 4 N–H and O–H groups in total. The van der Waals surface area contributed by atoms with E-state index in [1.807, 2.05) is 0 Å². The van der Waals surface area contributed by atoms with Crippen molar-refractivity contribution in [2.24, 2.45) is 11.8 Å². The molecule has 3 rings (SSSR count). The lowest BCUT2D eigenvalue weighted by Crippen LogP contribution is -2.48. The molecule has 144 valence electrons. The topological polar surface area (TPSA) is 99.3 Å². The average molecular weight is 388 g/mol. The summed E-state index contributed by atoms with van der Waals surface area (Å²) in [5.41, 5.74) is 6.06. The van der Waals surface area contributed by atoms with Crippen LogP contribution in [0.15, 0.2) is 24.3 Å². The number of rotatable bonds is 5. The van der Waals surface area contributed by atoms with E-state index in [1.165, 1.54) is 12.8 Å². The van der Waals surface area contributed by atoms with Gasteiger partial charge in [-0.15, -0.1) is 0 Å². The molecule has 2 saturated carbocycles. The predicted molar refractivity (Wildman–Crippen MR) is 106 cm³/mol. The van der Waals surface area contributed by atoms with Gasteiger partial charge in [0.1, 0.15) is 0 Å². The summed E-state index contributed by atoms with van der Waals surface area (Å²) >= 11 is 5.03. The summed E-state index contributed by atoms with van der Waals surface area (Å²) in [5, 5.41) is 5.47. The molecule has 0 aromatic heterocycles. The SMILES string of the molecule is O=C(CC1CCCC1)NC(=S)NNC(=O)c1ccc(NC(=O)C2CC2)cc1. The summed E-state index contributed by atoms with van der Waals surface area (Å²) in [5.74, 6) is 0.0582. The smallest absolute Gasteiger partial charge is 0.269 e. The van der Waals surface area contributed by atoms with Gasteiger partial charge in [-0.1, -0.05) is 12.8 Å². The Labute approximate surface area is 163 Å². The lowest BCUT2D eigenvalue weighted by Gasteiger charge is -2.13. The van der Waals surface area contributed by atoms with Crippen LogP contribution in [-0.4, -0.2) is 22.8 Å². The maximum absolute atomic E-state index is 12.1. The molecule has 8 heteroatoms. The van der Waals surface area contributed by atoms with Crippen LogP contribution in [-0.2, 0) is 9.59 Å². The van der Waals surface area contributed by atoms with Crippen LogP contribution in [0.3, 0.4) is 0 Å². The van der Waals surface area contributed by atoms with Gasteiger partial charge in [0.2, 0.25) is 11.8 Å². The van der Waals surface area contributed by atoms with E-state index in [2.05, 4.69) is 21.5 Å². The highest BCUT2D eigenvalue weighted by Gasteiger charge is 2.29. The average Bonchev–Trinajstić information content (AvgIpc) is 3.38. The molecular weight excluding hydrogens is 364 g/mol. The molecule has 0 unspecified atom stereocenters. The molecule has 2 aliphatic rings. The first-order valence-electron chi connectivity index (χ1n) is 9.32. The molecule has 2 fully saturated rings. The van der Waals surface area contributed by atoms with Gasteiger partial charge in [0.05, 0.1) is 0 Å². The quantitative estimate of drug-likeness (QED) is 0.458. The molecule has 0 saturated heterocycles. The van der Waals surface area contributed by atoms with Gasteiger partial charge in [-0.3, -0.25) is 25.2 Å². The maximum atomic E-state index is 12.1. The molecule has 0 radical (unpaired) electrons. The van der Waals surface area contributed by atoms with Crippen LogP contribution in [0, 0.1) is 11.8 Å². The second-order valence-corrected chi connectivity index (χ2v) is 7.56. The van der Waals surface area contributed by atoms with E-state index in [1.54, 1.807) is 24.3 Å². The number of hydrogen-bond acceptors (Lipinski definition) is 4. The van der Waals surface area contributed by atoms with Crippen LogP contribution in [0.1, 0.15) is 55.3 Å². The Balaban J connectivity index is 1.39. The zero-order chi connectivity index (χ0) is 19.2. The molecule has 27 heavy (non-hydrogen) atoms. The van der Waals surface area contributed by atoms with Gasteiger partial charge >= 0.3 is 0 Å². The van der Waals surface area contributed by atoms with Gasteiger partial charge in [0.25, 0.3) is 5.91 Å². The Hall–Kier alpha value is -2.48. The summed E-state index contributed by atoms with van der Waals surface area (Å²) in [4.78, 5) is 35.8. The molecule has 2 aliphatic carbocycles. The van der Waals surface area contributed by atoms with Crippen molar-refractivity contribution >= 4 is 40.7 Å². The van der Waals surface area contributed by atoms with Crippen molar-refractivity contribution in [2.45, 2.75) is 44.9 Å². The number of thiocarbonyl (C=S) groups is 1. The number of carbonyl (C=O) groups is 3. The molecule has 0 heterocycles. The lowest BCUT2D eigenvalue weighted by atomic mass is 10.0. The molecule has 3 amide bonds. The first-order chi connectivity index (χ1) is 13.0. The zero-order valence-electron chi connectivity index (χ0n) is 15.0. The summed E-state index contributed by atoms with van der Waals surface area (Å²) in [6.45, 7) is 0. The van der Waals surface area contributed by atoms with E-state index in [-0.39, 0.29) is 28.8 Å². The molecule has 7 nitrogen and oxygen atoms in total. The molecular formula is C19H24N4O3S. The molecule has 1 aromatic rings. The highest BCUT2D eigenvalue weighted by molar-refractivity contribution is 7.80. The fourth-order valence-electron chi connectivity index (χ4n) is 3.17. The lowest BCUT2D eigenvalue weighted by molar-refractivity contribution is -0.120. The highest BCUT2D eigenvalue weighted by atomic mass is 32.1. The zero-order valence-corrected chi connectivity index (χ0v) is 15.9. The van der Waals surface area contributed by atoms with E-state index >= 15 is 0 Å². The van der Waals surface area contributed by atoms with Gasteiger partial charge in [0.15, 0.2) is 5.11 Å². The second kappa shape index (κ2) is 8.94. The van der Waals surface area contributed by atoms with Crippen molar-refractivity contribution in [1.29, 1.82) is 0 Å². The summed E-state index contributed by atoms with van der Waals surface area (Å²) in [7, 11) is 0. The largest absolute Gasteiger partial charge is 0.326 e. The third kappa shape index (κ3) is 6.02. The number of anilines is 1. The number of benzene rings is 1. The van der Waals surface area contributed by atoms with Gasteiger partial charge in [-0.05, 0) is 68.1 Å². The first-order valence-corrected chi connectivity index (χ1v) is 9.73. The van der Waals surface area contributed by atoms with Gasteiger partial charge in [0, 0.05) is 23.6 Å². The second-order valence-electron chi connectivity index (χ2n) is 7.15. The van der Waals surface area contributed by atoms with Crippen molar-refractivity contribution in [3.63, 3.8) is 0 Å². The van der Waals surface area contributed by atoms with Crippen LogP contribution in [0.25, 0.3) is 0 Å². The van der Waals surface area contributed by atoms with Crippen LogP contribution >= 0.6 is 12.2 Å². The number of hydrazine groups is 1. The van der Waals surface area contributed by atoms with Crippen molar-refractivity contribution in [3.8, 4) is 0 Å². The van der Waals surface area contributed by atoms with E-state index in [0.717, 1.165) is 25.7 Å². The highest BCUT2D eigenvalue weighted by Crippen LogP contribution is 2.30. The van der Waals surface area contributed by atoms with E-state index in [0.29, 0.717) is 23.6 Å². The minimum atomic E-state index is -0.387. The number of nitrogens with one attached hydrogen (secondary N) is 4. The summed E-state index contributed by atoms with van der Waals surface area (Å²) in [6, 6.07) is 6.58. The van der Waals surface area contributed by atoms with Crippen molar-refractivity contribution in [3.05, 3.63) is 29.8 Å². The fourth-order valence-corrected chi connectivity index (χ4v) is 3.33. The minimum Gasteiger partial charge on any atom is -0.326 e.